The highest BCUT2D eigenvalue weighted by molar-refractivity contribution is 6.10. The fourth-order valence-corrected chi connectivity index (χ4v) is 3.38. The van der Waals surface area contributed by atoms with Crippen LogP contribution in [0.2, 0.25) is 0 Å². The van der Waals surface area contributed by atoms with Gasteiger partial charge in [-0.15, -0.1) is 0 Å². The van der Waals surface area contributed by atoms with Gasteiger partial charge in [0.05, 0.1) is 0 Å². The van der Waals surface area contributed by atoms with E-state index in [0.29, 0.717) is 34.1 Å². The zero-order valence-electron chi connectivity index (χ0n) is 11.3. The second-order valence-electron chi connectivity index (χ2n) is 5.54. The number of hydrogen-bond donors (Lipinski definition) is 1. The molecule has 0 saturated carbocycles. The molecule has 0 bridgehead atoms. The molecule has 0 saturated heterocycles. The molecule has 5 nitrogen and oxygen atoms in total. The minimum atomic E-state index is -1.03. The Morgan fingerprint density at radius 1 is 1.00 bits per heavy atom. The van der Waals surface area contributed by atoms with Crippen LogP contribution in [-0.4, -0.2) is 19.3 Å². The molecule has 110 valence electrons. The Labute approximate surface area is 124 Å². The average molecular weight is 299 g/mol. The number of benzene rings is 2. The minimum absolute atomic E-state index is 0.132. The molecule has 1 atom stereocenters. The summed E-state index contributed by atoms with van der Waals surface area (Å²) in [5.74, 6) is 1.13. The molecule has 3 aliphatic rings. The van der Waals surface area contributed by atoms with E-state index in [9.17, 15) is 9.18 Å². The molecular weight excluding hydrogens is 289 g/mol. The fourth-order valence-electron chi connectivity index (χ4n) is 3.38. The van der Waals surface area contributed by atoms with Crippen molar-refractivity contribution in [3.63, 3.8) is 0 Å². The SMILES string of the molecule is O=C1Nc2ccc(F)cc2C12COc1cc3c(cc12)OCO3. The molecule has 0 fully saturated rings. The second kappa shape index (κ2) is 3.71. The summed E-state index contributed by atoms with van der Waals surface area (Å²) in [7, 11) is 0. The molecule has 2 aromatic rings. The van der Waals surface area contributed by atoms with Crippen LogP contribution < -0.4 is 19.5 Å². The molecule has 1 N–H and O–H groups in total. The lowest BCUT2D eigenvalue weighted by molar-refractivity contribution is -0.119. The van der Waals surface area contributed by atoms with E-state index >= 15 is 0 Å². The van der Waals surface area contributed by atoms with Crippen LogP contribution in [0.5, 0.6) is 17.2 Å². The number of carbonyl (C=O) groups is 1. The van der Waals surface area contributed by atoms with Crippen molar-refractivity contribution in [1.29, 1.82) is 0 Å². The lowest BCUT2D eigenvalue weighted by Gasteiger charge is -2.20. The van der Waals surface area contributed by atoms with Crippen molar-refractivity contribution in [3.05, 3.63) is 47.3 Å². The van der Waals surface area contributed by atoms with Crippen LogP contribution in [0.3, 0.4) is 0 Å². The van der Waals surface area contributed by atoms with Crippen molar-refractivity contribution in [2.24, 2.45) is 0 Å². The summed E-state index contributed by atoms with van der Waals surface area (Å²) in [6.45, 7) is 0.274. The van der Waals surface area contributed by atoms with E-state index in [-0.39, 0.29) is 25.1 Å². The lowest BCUT2D eigenvalue weighted by atomic mass is 9.77. The van der Waals surface area contributed by atoms with Crippen LogP contribution in [0, 0.1) is 5.82 Å². The van der Waals surface area contributed by atoms with E-state index in [1.807, 2.05) is 0 Å². The van der Waals surface area contributed by atoms with E-state index in [2.05, 4.69) is 5.32 Å². The van der Waals surface area contributed by atoms with Gasteiger partial charge >= 0.3 is 0 Å². The quantitative estimate of drug-likeness (QED) is 0.810. The smallest absolute Gasteiger partial charge is 0.243 e. The maximum Gasteiger partial charge on any atom is 0.243 e. The minimum Gasteiger partial charge on any atom is -0.491 e. The summed E-state index contributed by atoms with van der Waals surface area (Å²) in [6, 6.07) is 7.76. The highest BCUT2D eigenvalue weighted by atomic mass is 19.1. The first-order valence-corrected chi connectivity index (χ1v) is 6.87. The molecule has 1 amide bonds. The first-order valence-electron chi connectivity index (χ1n) is 6.87. The predicted molar refractivity (Wildman–Crippen MR) is 73.9 cm³/mol. The van der Waals surface area contributed by atoms with Crippen molar-refractivity contribution in [2.45, 2.75) is 5.41 Å². The Bertz CT molecular complexity index is 850. The van der Waals surface area contributed by atoms with Gasteiger partial charge in [-0.3, -0.25) is 4.79 Å². The van der Waals surface area contributed by atoms with Gasteiger partial charge in [0, 0.05) is 22.9 Å². The molecule has 0 aliphatic carbocycles. The number of amides is 1. The summed E-state index contributed by atoms with van der Waals surface area (Å²) in [4.78, 5) is 12.6. The topological polar surface area (TPSA) is 56.8 Å². The van der Waals surface area contributed by atoms with E-state index in [1.54, 1.807) is 18.2 Å². The van der Waals surface area contributed by atoms with Crippen molar-refractivity contribution < 1.29 is 23.4 Å². The molecule has 6 heteroatoms. The zero-order chi connectivity index (χ0) is 14.9. The van der Waals surface area contributed by atoms with Gasteiger partial charge in [0.2, 0.25) is 12.7 Å². The van der Waals surface area contributed by atoms with E-state index in [4.69, 9.17) is 14.2 Å². The maximum atomic E-state index is 13.7. The predicted octanol–water partition coefficient (Wildman–Crippen LogP) is 2.18. The van der Waals surface area contributed by atoms with Crippen LogP contribution in [-0.2, 0) is 10.2 Å². The number of rotatable bonds is 0. The van der Waals surface area contributed by atoms with Gasteiger partial charge < -0.3 is 19.5 Å². The van der Waals surface area contributed by atoms with Gasteiger partial charge in [-0.2, -0.15) is 0 Å². The third kappa shape index (κ3) is 1.25. The monoisotopic (exact) mass is 299 g/mol. The van der Waals surface area contributed by atoms with E-state index in [1.165, 1.54) is 12.1 Å². The number of ether oxygens (including phenoxy) is 3. The summed E-state index contributed by atoms with van der Waals surface area (Å²) in [6.07, 6.45) is 0. The van der Waals surface area contributed by atoms with Gasteiger partial charge in [-0.25, -0.2) is 4.39 Å². The number of anilines is 1. The highest BCUT2D eigenvalue weighted by Gasteiger charge is 2.54. The van der Waals surface area contributed by atoms with Gasteiger partial charge in [0.25, 0.3) is 0 Å². The van der Waals surface area contributed by atoms with Crippen LogP contribution in [0.25, 0.3) is 0 Å². The molecule has 5 rings (SSSR count). The third-order valence-electron chi connectivity index (χ3n) is 4.46. The number of fused-ring (bicyclic) bond motifs is 5. The highest BCUT2D eigenvalue weighted by Crippen LogP contribution is 2.53. The molecule has 1 spiro atoms. The first kappa shape index (κ1) is 11.9. The average Bonchev–Trinajstić information content (AvgIpc) is 3.17. The van der Waals surface area contributed by atoms with E-state index < -0.39 is 5.41 Å². The third-order valence-corrected chi connectivity index (χ3v) is 4.46. The van der Waals surface area contributed by atoms with Crippen LogP contribution in [0.1, 0.15) is 11.1 Å². The van der Waals surface area contributed by atoms with Crippen LogP contribution >= 0.6 is 0 Å². The fraction of sp³-hybridized carbons (Fsp3) is 0.188. The standard InChI is InChI=1S/C16H10FNO4/c17-8-1-2-11-9(3-8)16(15(19)18-11)6-20-12-5-14-13(4-10(12)16)21-7-22-14/h1-5H,6-7H2,(H,18,19). The Balaban J connectivity index is 1.79. The Morgan fingerprint density at radius 3 is 2.68 bits per heavy atom. The molecule has 1 unspecified atom stereocenters. The van der Waals surface area contributed by atoms with Gasteiger partial charge in [0.1, 0.15) is 23.6 Å². The van der Waals surface area contributed by atoms with Gasteiger partial charge in [0.15, 0.2) is 11.5 Å². The molecule has 3 heterocycles. The number of carbonyl (C=O) groups excluding carboxylic acids is 1. The molecule has 2 aromatic carbocycles. The molecule has 0 radical (unpaired) electrons. The summed E-state index contributed by atoms with van der Waals surface area (Å²) < 4.78 is 30.1. The van der Waals surface area contributed by atoms with Crippen LogP contribution in [0.4, 0.5) is 10.1 Å². The summed E-state index contributed by atoms with van der Waals surface area (Å²) >= 11 is 0. The van der Waals surface area contributed by atoms with Crippen molar-refractivity contribution in [1.82, 2.24) is 0 Å². The zero-order valence-corrected chi connectivity index (χ0v) is 11.3. The van der Waals surface area contributed by atoms with Crippen LogP contribution in [0.15, 0.2) is 30.3 Å². The second-order valence-corrected chi connectivity index (χ2v) is 5.54. The number of halogens is 1. The molecule has 3 aliphatic heterocycles. The normalized spacial score (nSPS) is 23.2. The van der Waals surface area contributed by atoms with E-state index in [0.717, 1.165) is 0 Å². The number of nitrogens with one attached hydrogen (secondary N) is 1. The molecule has 22 heavy (non-hydrogen) atoms. The maximum absolute atomic E-state index is 13.7. The largest absolute Gasteiger partial charge is 0.491 e. The lowest BCUT2D eigenvalue weighted by Crippen LogP contribution is -2.37. The van der Waals surface area contributed by atoms with Gasteiger partial charge in [-0.1, -0.05) is 0 Å². The van der Waals surface area contributed by atoms with Crippen molar-refractivity contribution >= 4 is 11.6 Å². The first-order chi connectivity index (χ1) is 10.7. The Kier molecular flexibility index (Phi) is 2.00. The number of hydrogen-bond acceptors (Lipinski definition) is 4. The summed E-state index contributed by atoms with van der Waals surface area (Å²) in [5.41, 5.74) is 0.850. The summed E-state index contributed by atoms with van der Waals surface area (Å²) in [5, 5.41) is 2.81. The molecular formula is C16H10FNO4. The molecule has 0 aromatic heterocycles. The Hall–Kier alpha value is -2.76. The van der Waals surface area contributed by atoms with Gasteiger partial charge in [-0.05, 0) is 24.3 Å². The van der Waals surface area contributed by atoms with Crippen molar-refractivity contribution in [3.8, 4) is 17.2 Å². The Morgan fingerprint density at radius 2 is 1.82 bits per heavy atom. The van der Waals surface area contributed by atoms with Crippen molar-refractivity contribution in [2.75, 3.05) is 18.7 Å².